The third-order valence-corrected chi connectivity index (χ3v) is 2.79. The van der Waals surface area contributed by atoms with Crippen LogP contribution in [0, 0.1) is 0 Å². The molecular formula is C12H22N2O2. The molecule has 2 atom stereocenters. The largest absolute Gasteiger partial charge is 0.393 e. The predicted octanol–water partition coefficient (Wildman–Crippen LogP) is 1.62. The zero-order valence-electron chi connectivity index (χ0n) is 10.4. The van der Waals surface area contributed by atoms with Crippen molar-refractivity contribution in [3.05, 3.63) is 18.0 Å². The van der Waals surface area contributed by atoms with Crippen molar-refractivity contribution in [2.45, 2.75) is 51.9 Å². The Morgan fingerprint density at radius 2 is 2.25 bits per heavy atom. The van der Waals surface area contributed by atoms with Gasteiger partial charge in [-0.1, -0.05) is 0 Å². The Labute approximate surface area is 97.2 Å². The van der Waals surface area contributed by atoms with Crippen molar-refractivity contribution in [3.63, 3.8) is 0 Å². The maximum Gasteiger partial charge on any atom is 0.0582 e. The lowest BCUT2D eigenvalue weighted by Crippen LogP contribution is -2.14. The number of methoxy groups -OCH3 is 1. The van der Waals surface area contributed by atoms with Gasteiger partial charge in [0, 0.05) is 26.3 Å². The molecule has 0 aliphatic heterocycles. The Morgan fingerprint density at radius 3 is 2.81 bits per heavy atom. The molecule has 1 rings (SSSR count). The van der Waals surface area contributed by atoms with Crippen LogP contribution in [0.1, 0.15) is 32.3 Å². The van der Waals surface area contributed by atoms with E-state index in [9.17, 15) is 5.11 Å². The molecule has 0 amide bonds. The van der Waals surface area contributed by atoms with Crippen LogP contribution in [0.3, 0.4) is 0 Å². The van der Waals surface area contributed by atoms with E-state index >= 15 is 0 Å². The second kappa shape index (κ2) is 6.66. The number of nitrogens with zero attached hydrogens (tertiary/aromatic N) is 2. The van der Waals surface area contributed by atoms with E-state index in [0.29, 0.717) is 6.42 Å². The average molecular weight is 226 g/mol. The van der Waals surface area contributed by atoms with Gasteiger partial charge in [0.25, 0.3) is 0 Å². The molecular weight excluding hydrogens is 204 g/mol. The first-order chi connectivity index (χ1) is 7.65. The van der Waals surface area contributed by atoms with Crippen LogP contribution in [0.15, 0.2) is 12.4 Å². The predicted molar refractivity (Wildman–Crippen MR) is 63.3 cm³/mol. The summed E-state index contributed by atoms with van der Waals surface area (Å²) in [5.74, 6) is 0. The zero-order valence-corrected chi connectivity index (χ0v) is 10.4. The molecule has 0 bridgehead atoms. The molecule has 0 saturated heterocycles. The minimum atomic E-state index is -0.299. The van der Waals surface area contributed by atoms with Gasteiger partial charge in [-0.3, -0.25) is 4.68 Å². The van der Waals surface area contributed by atoms with E-state index in [1.165, 1.54) is 0 Å². The summed E-state index contributed by atoms with van der Waals surface area (Å²) < 4.78 is 7.02. The number of aryl methyl sites for hydroxylation is 1. The smallest absolute Gasteiger partial charge is 0.0582 e. The fraction of sp³-hybridized carbons (Fsp3) is 0.750. The number of hydrogen-bond acceptors (Lipinski definition) is 3. The molecule has 0 spiro atoms. The van der Waals surface area contributed by atoms with E-state index in [2.05, 4.69) is 5.10 Å². The van der Waals surface area contributed by atoms with Crippen LogP contribution >= 0.6 is 0 Å². The standard InChI is InChI=1S/C12H22N2O2/c1-4-14-9-11(8-13-14)7-12(15)6-5-10(2)16-3/h8-10,12,15H,4-7H2,1-3H3. The van der Waals surface area contributed by atoms with Crippen LogP contribution in [-0.2, 0) is 17.7 Å². The number of ether oxygens (including phenoxy) is 1. The van der Waals surface area contributed by atoms with Crippen LogP contribution in [0.5, 0.6) is 0 Å². The summed E-state index contributed by atoms with van der Waals surface area (Å²) in [6.07, 6.45) is 6.07. The van der Waals surface area contributed by atoms with Gasteiger partial charge in [0.15, 0.2) is 0 Å². The summed E-state index contributed by atoms with van der Waals surface area (Å²) in [5, 5.41) is 14.0. The van der Waals surface area contributed by atoms with E-state index in [0.717, 1.165) is 24.9 Å². The van der Waals surface area contributed by atoms with Gasteiger partial charge in [0.1, 0.15) is 0 Å². The van der Waals surface area contributed by atoms with Crippen LogP contribution in [-0.4, -0.2) is 34.2 Å². The Morgan fingerprint density at radius 1 is 1.50 bits per heavy atom. The lowest BCUT2D eigenvalue weighted by atomic mass is 10.1. The zero-order chi connectivity index (χ0) is 12.0. The minimum absolute atomic E-state index is 0.216. The maximum absolute atomic E-state index is 9.84. The summed E-state index contributed by atoms with van der Waals surface area (Å²) in [4.78, 5) is 0. The molecule has 0 fully saturated rings. The summed E-state index contributed by atoms with van der Waals surface area (Å²) in [6, 6.07) is 0. The molecule has 1 N–H and O–H groups in total. The molecule has 92 valence electrons. The first kappa shape index (κ1) is 13.2. The third-order valence-electron chi connectivity index (χ3n) is 2.79. The molecule has 1 aromatic rings. The van der Waals surface area contributed by atoms with Crippen LogP contribution in [0.2, 0.25) is 0 Å². The molecule has 0 radical (unpaired) electrons. The number of aliphatic hydroxyl groups is 1. The highest BCUT2D eigenvalue weighted by molar-refractivity contribution is 5.05. The minimum Gasteiger partial charge on any atom is -0.393 e. The Kier molecular flexibility index (Phi) is 5.49. The first-order valence-electron chi connectivity index (χ1n) is 5.87. The van der Waals surface area contributed by atoms with Gasteiger partial charge >= 0.3 is 0 Å². The van der Waals surface area contributed by atoms with Crippen molar-refractivity contribution in [2.75, 3.05) is 7.11 Å². The monoisotopic (exact) mass is 226 g/mol. The highest BCUT2D eigenvalue weighted by Crippen LogP contribution is 2.09. The molecule has 0 aromatic carbocycles. The number of aromatic nitrogens is 2. The highest BCUT2D eigenvalue weighted by atomic mass is 16.5. The number of aliphatic hydroxyl groups excluding tert-OH is 1. The first-order valence-corrected chi connectivity index (χ1v) is 5.87. The van der Waals surface area contributed by atoms with Gasteiger partial charge in [0.2, 0.25) is 0 Å². The molecule has 0 aliphatic rings. The molecule has 4 heteroatoms. The van der Waals surface area contributed by atoms with Gasteiger partial charge in [-0.25, -0.2) is 0 Å². The van der Waals surface area contributed by atoms with Crippen molar-refractivity contribution in [1.29, 1.82) is 0 Å². The fourth-order valence-corrected chi connectivity index (χ4v) is 1.60. The topological polar surface area (TPSA) is 47.3 Å². The van der Waals surface area contributed by atoms with Crippen molar-refractivity contribution in [1.82, 2.24) is 9.78 Å². The van der Waals surface area contributed by atoms with Crippen molar-refractivity contribution in [3.8, 4) is 0 Å². The van der Waals surface area contributed by atoms with Gasteiger partial charge < -0.3 is 9.84 Å². The Bertz CT molecular complexity index is 299. The highest BCUT2D eigenvalue weighted by Gasteiger charge is 2.09. The molecule has 0 saturated carbocycles. The molecule has 4 nitrogen and oxygen atoms in total. The molecule has 16 heavy (non-hydrogen) atoms. The van der Waals surface area contributed by atoms with Crippen LogP contribution in [0.25, 0.3) is 0 Å². The third kappa shape index (κ3) is 4.33. The maximum atomic E-state index is 9.84. The molecule has 1 aromatic heterocycles. The van der Waals surface area contributed by atoms with Crippen molar-refractivity contribution >= 4 is 0 Å². The van der Waals surface area contributed by atoms with Gasteiger partial charge in [-0.15, -0.1) is 0 Å². The van der Waals surface area contributed by atoms with E-state index < -0.39 is 0 Å². The lowest BCUT2D eigenvalue weighted by Gasteiger charge is -2.12. The Balaban J connectivity index is 2.30. The van der Waals surface area contributed by atoms with Gasteiger partial charge in [0.05, 0.1) is 18.4 Å². The summed E-state index contributed by atoms with van der Waals surface area (Å²) in [6.45, 7) is 4.94. The summed E-state index contributed by atoms with van der Waals surface area (Å²) >= 11 is 0. The van der Waals surface area contributed by atoms with Crippen LogP contribution in [0.4, 0.5) is 0 Å². The molecule has 2 unspecified atom stereocenters. The quantitative estimate of drug-likeness (QED) is 0.768. The fourth-order valence-electron chi connectivity index (χ4n) is 1.60. The van der Waals surface area contributed by atoms with Gasteiger partial charge in [-0.05, 0) is 32.3 Å². The van der Waals surface area contributed by atoms with Gasteiger partial charge in [-0.2, -0.15) is 5.10 Å². The van der Waals surface area contributed by atoms with E-state index in [1.807, 2.05) is 30.9 Å². The van der Waals surface area contributed by atoms with E-state index in [1.54, 1.807) is 7.11 Å². The van der Waals surface area contributed by atoms with Crippen molar-refractivity contribution < 1.29 is 9.84 Å². The van der Waals surface area contributed by atoms with Crippen LogP contribution < -0.4 is 0 Å². The van der Waals surface area contributed by atoms with E-state index in [4.69, 9.17) is 4.74 Å². The normalized spacial score (nSPS) is 15.0. The average Bonchev–Trinajstić information content (AvgIpc) is 2.73. The lowest BCUT2D eigenvalue weighted by molar-refractivity contribution is 0.0851. The van der Waals surface area contributed by atoms with E-state index in [-0.39, 0.29) is 12.2 Å². The second-order valence-electron chi connectivity index (χ2n) is 4.19. The SMILES string of the molecule is CCn1cc(CC(O)CCC(C)OC)cn1. The number of hydrogen-bond donors (Lipinski definition) is 1. The summed E-state index contributed by atoms with van der Waals surface area (Å²) in [7, 11) is 1.70. The summed E-state index contributed by atoms with van der Waals surface area (Å²) in [5.41, 5.74) is 1.10. The molecule has 0 aliphatic carbocycles. The Hall–Kier alpha value is -0.870. The number of rotatable bonds is 7. The second-order valence-corrected chi connectivity index (χ2v) is 4.19. The molecule has 1 heterocycles. The van der Waals surface area contributed by atoms with Crippen molar-refractivity contribution in [2.24, 2.45) is 0 Å².